The summed E-state index contributed by atoms with van der Waals surface area (Å²) >= 11 is 0.996. The molecule has 0 aliphatic carbocycles. The average molecular weight is 383 g/mol. The molecular weight excluding hydrogens is 375 g/mol. The Morgan fingerprint density at radius 3 is 2.62 bits per heavy atom. The number of aromatic nitrogens is 2. The van der Waals surface area contributed by atoms with Gasteiger partial charge in [-0.25, -0.2) is 9.78 Å². The Morgan fingerprint density at radius 1 is 1.23 bits per heavy atom. The van der Waals surface area contributed by atoms with Crippen LogP contribution in [0.15, 0.2) is 35.1 Å². The van der Waals surface area contributed by atoms with Crippen LogP contribution in [0, 0.1) is 0 Å². The van der Waals surface area contributed by atoms with Crippen molar-refractivity contribution < 1.29 is 27.9 Å². The second-order valence-electron chi connectivity index (χ2n) is 5.08. The monoisotopic (exact) mass is 383 g/mol. The average Bonchev–Trinajstić information content (AvgIpc) is 2.98. The summed E-state index contributed by atoms with van der Waals surface area (Å²) in [6.45, 7) is 0. The normalized spacial score (nSPS) is 11.5. The van der Waals surface area contributed by atoms with Crippen molar-refractivity contribution in [3.8, 4) is 10.4 Å². The van der Waals surface area contributed by atoms with Crippen molar-refractivity contribution in [3.05, 3.63) is 46.2 Å². The summed E-state index contributed by atoms with van der Waals surface area (Å²) in [6, 6.07) is 7.37. The van der Waals surface area contributed by atoms with Gasteiger partial charge < -0.3 is 5.11 Å². The number of nitrogens with zero attached hydrogens (tertiary/aromatic N) is 1. The van der Waals surface area contributed by atoms with Crippen LogP contribution in [0.3, 0.4) is 0 Å². The number of aromatic carboxylic acids is 1. The van der Waals surface area contributed by atoms with E-state index in [1.54, 1.807) is 6.07 Å². The van der Waals surface area contributed by atoms with Crippen molar-refractivity contribution in [1.29, 1.82) is 0 Å². The van der Waals surface area contributed by atoms with Crippen molar-refractivity contribution >= 4 is 39.4 Å². The van der Waals surface area contributed by atoms with Crippen LogP contribution >= 0.6 is 11.3 Å². The van der Waals surface area contributed by atoms with Gasteiger partial charge in [-0.2, -0.15) is 13.2 Å². The molecule has 0 radical (unpaired) electrons. The van der Waals surface area contributed by atoms with Crippen LogP contribution in [-0.4, -0.2) is 33.1 Å². The number of carbonyl (C=O) groups excluding carboxylic acids is 1. The van der Waals surface area contributed by atoms with Gasteiger partial charge in [-0.05, 0) is 23.8 Å². The number of carboxylic acid groups (broad SMARTS) is 1. The van der Waals surface area contributed by atoms with Gasteiger partial charge in [0.15, 0.2) is 0 Å². The lowest BCUT2D eigenvalue weighted by atomic mass is 10.1. The van der Waals surface area contributed by atoms with Gasteiger partial charge in [0.1, 0.15) is 4.70 Å². The highest BCUT2D eigenvalue weighted by atomic mass is 32.1. The van der Waals surface area contributed by atoms with Gasteiger partial charge in [0.25, 0.3) is 5.56 Å². The number of nitrogens with one attached hydrogen (secondary N) is 2. The first-order chi connectivity index (χ1) is 12.1. The third-order valence-corrected chi connectivity index (χ3v) is 4.44. The van der Waals surface area contributed by atoms with Crippen molar-refractivity contribution in [2.45, 2.75) is 6.18 Å². The van der Waals surface area contributed by atoms with Gasteiger partial charge in [-0.1, -0.05) is 12.1 Å². The zero-order valence-electron chi connectivity index (χ0n) is 12.5. The lowest BCUT2D eigenvalue weighted by Crippen LogP contribution is -2.31. The summed E-state index contributed by atoms with van der Waals surface area (Å²) in [5.74, 6) is -4.01. The minimum absolute atomic E-state index is 0.0416. The largest absolute Gasteiger partial charge is 0.478 e. The molecule has 0 unspecified atom stereocenters. The van der Waals surface area contributed by atoms with Crippen LogP contribution in [0.5, 0.6) is 0 Å². The first-order valence-corrected chi connectivity index (χ1v) is 7.72. The minimum Gasteiger partial charge on any atom is -0.478 e. The maximum atomic E-state index is 12.3. The predicted octanol–water partition coefficient (Wildman–Crippen LogP) is 2.85. The Hall–Kier alpha value is -3.21. The quantitative estimate of drug-likeness (QED) is 0.644. The molecule has 0 aliphatic rings. The first-order valence-electron chi connectivity index (χ1n) is 6.91. The Balaban J connectivity index is 2.03. The summed E-state index contributed by atoms with van der Waals surface area (Å²) in [6.07, 6.45) is -5.12. The SMILES string of the molecule is O=C(O)c1cccc(-c2cc3nc(NC(=O)C(F)(F)F)[nH]c(=O)c3s2)c1. The highest BCUT2D eigenvalue weighted by Crippen LogP contribution is 2.31. The van der Waals surface area contributed by atoms with Gasteiger partial charge in [0.05, 0.1) is 11.1 Å². The van der Waals surface area contributed by atoms with E-state index in [9.17, 15) is 27.6 Å². The molecule has 0 saturated heterocycles. The number of halogens is 3. The standard InChI is InChI=1S/C15H8F3N3O4S/c16-15(17,18)13(25)21-14-19-8-5-9(26-10(8)11(22)20-14)6-2-1-3-7(4-6)12(23)24/h1-5H,(H,23,24)(H2,19,20,21,22,25). The fourth-order valence-corrected chi connectivity index (χ4v) is 3.11. The fourth-order valence-electron chi connectivity index (χ4n) is 2.13. The Bertz CT molecular complexity index is 1090. The third-order valence-electron chi connectivity index (χ3n) is 3.27. The lowest BCUT2D eigenvalue weighted by Gasteiger charge is -2.06. The minimum atomic E-state index is -5.12. The molecule has 11 heteroatoms. The second kappa shape index (κ2) is 6.26. The number of H-pyrrole nitrogens is 1. The molecule has 0 bridgehead atoms. The molecule has 2 heterocycles. The van der Waals surface area contributed by atoms with Gasteiger partial charge in [0, 0.05) is 4.88 Å². The predicted molar refractivity (Wildman–Crippen MR) is 87.3 cm³/mol. The number of carboxylic acids is 1. The van der Waals surface area contributed by atoms with E-state index in [0.29, 0.717) is 10.4 Å². The van der Waals surface area contributed by atoms with Crippen LogP contribution in [0.1, 0.15) is 10.4 Å². The molecule has 0 spiro atoms. The van der Waals surface area contributed by atoms with E-state index in [4.69, 9.17) is 5.11 Å². The number of alkyl halides is 3. The van der Waals surface area contributed by atoms with E-state index >= 15 is 0 Å². The highest BCUT2D eigenvalue weighted by molar-refractivity contribution is 7.22. The first kappa shape index (κ1) is 17.6. The summed E-state index contributed by atoms with van der Waals surface area (Å²) < 4.78 is 37.0. The van der Waals surface area contributed by atoms with Crippen molar-refractivity contribution in [2.75, 3.05) is 5.32 Å². The zero-order valence-corrected chi connectivity index (χ0v) is 13.4. The Labute approximate surface area is 146 Å². The Kier molecular flexibility index (Phi) is 4.24. The van der Waals surface area contributed by atoms with E-state index in [1.807, 2.05) is 0 Å². The summed E-state index contributed by atoms with van der Waals surface area (Å²) in [5.41, 5.74) is -0.0989. The summed E-state index contributed by atoms with van der Waals surface area (Å²) in [5, 5.41) is 10.5. The number of benzene rings is 1. The van der Waals surface area contributed by atoms with E-state index in [0.717, 1.165) is 11.3 Å². The maximum absolute atomic E-state index is 12.3. The molecule has 3 N–H and O–H groups in total. The van der Waals surface area contributed by atoms with Crippen molar-refractivity contribution in [1.82, 2.24) is 9.97 Å². The molecular formula is C15H8F3N3O4S. The molecule has 3 aromatic rings. The van der Waals surface area contributed by atoms with Crippen LogP contribution in [0.2, 0.25) is 0 Å². The topological polar surface area (TPSA) is 112 Å². The van der Waals surface area contributed by atoms with Crippen LogP contribution in [-0.2, 0) is 4.79 Å². The molecule has 0 aliphatic heterocycles. The van der Waals surface area contributed by atoms with E-state index < -0.39 is 29.6 Å². The van der Waals surface area contributed by atoms with Gasteiger partial charge >= 0.3 is 18.1 Å². The number of fused-ring (bicyclic) bond motifs is 1. The lowest BCUT2D eigenvalue weighted by molar-refractivity contribution is -0.167. The maximum Gasteiger partial charge on any atom is 0.471 e. The molecule has 1 aromatic carbocycles. The molecule has 3 rings (SSSR count). The van der Waals surface area contributed by atoms with Crippen LogP contribution in [0.4, 0.5) is 19.1 Å². The van der Waals surface area contributed by atoms with Gasteiger partial charge in [-0.3, -0.25) is 19.9 Å². The molecule has 134 valence electrons. The number of hydrogen-bond donors (Lipinski definition) is 3. The second-order valence-corrected chi connectivity index (χ2v) is 6.13. The smallest absolute Gasteiger partial charge is 0.471 e. The zero-order chi connectivity index (χ0) is 19.1. The fraction of sp³-hybridized carbons (Fsp3) is 0.0667. The number of aromatic amines is 1. The Morgan fingerprint density at radius 2 is 1.96 bits per heavy atom. The highest BCUT2D eigenvalue weighted by Gasteiger charge is 2.39. The third kappa shape index (κ3) is 3.42. The van der Waals surface area contributed by atoms with E-state index in [-0.39, 0.29) is 15.8 Å². The number of amides is 1. The van der Waals surface area contributed by atoms with E-state index in [1.165, 1.54) is 29.6 Å². The number of carbonyl (C=O) groups is 2. The molecule has 26 heavy (non-hydrogen) atoms. The van der Waals surface area contributed by atoms with Crippen molar-refractivity contribution in [3.63, 3.8) is 0 Å². The van der Waals surface area contributed by atoms with E-state index in [2.05, 4.69) is 9.97 Å². The number of hydrogen-bond acceptors (Lipinski definition) is 5. The van der Waals surface area contributed by atoms with Gasteiger partial charge in [-0.15, -0.1) is 11.3 Å². The molecule has 7 nitrogen and oxygen atoms in total. The van der Waals surface area contributed by atoms with Crippen molar-refractivity contribution in [2.24, 2.45) is 0 Å². The summed E-state index contributed by atoms with van der Waals surface area (Å²) in [7, 11) is 0. The number of rotatable bonds is 3. The molecule has 2 aromatic heterocycles. The van der Waals surface area contributed by atoms with Gasteiger partial charge in [0.2, 0.25) is 5.95 Å². The summed E-state index contributed by atoms with van der Waals surface area (Å²) in [4.78, 5) is 40.4. The number of thiophene rings is 1. The number of anilines is 1. The van der Waals surface area contributed by atoms with Crippen LogP contribution in [0.25, 0.3) is 20.7 Å². The molecule has 0 atom stereocenters. The molecule has 0 fully saturated rings. The molecule has 0 saturated carbocycles. The molecule has 1 amide bonds. The van der Waals surface area contributed by atoms with Crippen LogP contribution < -0.4 is 10.9 Å².